The lowest BCUT2D eigenvalue weighted by Gasteiger charge is -2.41. The van der Waals surface area contributed by atoms with Gasteiger partial charge in [-0.3, -0.25) is 4.79 Å². The van der Waals surface area contributed by atoms with Crippen molar-refractivity contribution in [1.82, 2.24) is 4.90 Å². The minimum atomic E-state index is -4.52. The third kappa shape index (κ3) is 4.95. The van der Waals surface area contributed by atoms with E-state index in [1.54, 1.807) is 4.90 Å². The Bertz CT molecular complexity index is 1060. The van der Waals surface area contributed by atoms with E-state index in [0.717, 1.165) is 54.7 Å². The number of nitrogens with zero attached hydrogens (tertiary/aromatic N) is 2. The molecule has 0 aromatic heterocycles. The maximum atomic E-state index is 13.9. The third-order valence-corrected chi connectivity index (χ3v) is 7.74. The number of carbonyl (C=O) groups excluding carboxylic acids is 2. The van der Waals surface area contributed by atoms with Gasteiger partial charge in [0.25, 0.3) is 5.91 Å². The first-order chi connectivity index (χ1) is 16.2. The van der Waals surface area contributed by atoms with E-state index in [-0.39, 0.29) is 12.0 Å². The molecule has 2 aliphatic heterocycles. The topological polar surface area (TPSA) is 49.9 Å². The number of carbonyl (C=O) groups is 2. The Morgan fingerprint density at radius 3 is 2.50 bits per heavy atom. The Hall–Kier alpha value is -2.52. The Labute approximate surface area is 201 Å². The predicted octanol–water partition coefficient (Wildman–Crippen LogP) is 4.78. The van der Waals surface area contributed by atoms with Crippen LogP contribution in [-0.2, 0) is 26.9 Å². The quantitative estimate of drug-likeness (QED) is 0.429. The van der Waals surface area contributed by atoms with E-state index in [1.807, 2.05) is 24.3 Å². The summed E-state index contributed by atoms with van der Waals surface area (Å²) >= 11 is 1.06. The smallest absolute Gasteiger partial charge is 0.416 e. The van der Waals surface area contributed by atoms with E-state index >= 15 is 0 Å². The summed E-state index contributed by atoms with van der Waals surface area (Å²) < 4.78 is 43.2. The molecular weight excluding hydrogens is 465 g/mol. The number of esters is 1. The summed E-state index contributed by atoms with van der Waals surface area (Å²) in [5, 5.41) is 0. The molecule has 0 bridgehead atoms. The molecule has 34 heavy (non-hydrogen) atoms. The minimum Gasteiger partial charge on any atom is -0.468 e. The molecular formula is C25H27F3N2O3S. The van der Waals surface area contributed by atoms with Gasteiger partial charge in [-0.1, -0.05) is 48.5 Å². The van der Waals surface area contributed by atoms with Gasteiger partial charge in [0, 0.05) is 24.4 Å². The summed E-state index contributed by atoms with van der Waals surface area (Å²) in [6, 6.07) is 12.1. The highest BCUT2D eigenvalue weighted by Gasteiger charge is 2.54. The van der Waals surface area contributed by atoms with Gasteiger partial charge in [0.05, 0.1) is 18.4 Å². The molecule has 0 aliphatic carbocycles. The molecule has 5 nitrogen and oxygen atoms in total. The molecule has 0 radical (unpaired) electrons. The first-order valence-corrected chi connectivity index (χ1v) is 12.1. The van der Waals surface area contributed by atoms with Crippen LogP contribution in [0, 0.1) is 0 Å². The Kier molecular flexibility index (Phi) is 7.23. The lowest BCUT2D eigenvalue weighted by molar-refractivity contribution is -0.147. The number of hydrogen-bond donors (Lipinski definition) is 0. The summed E-state index contributed by atoms with van der Waals surface area (Å²) in [6.07, 6.45) is -1.31. The number of alkyl halides is 3. The second kappa shape index (κ2) is 10.00. The number of ether oxygens (including phenoxy) is 1. The first-order valence-electron chi connectivity index (χ1n) is 11.3. The minimum absolute atomic E-state index is 0.207. The number of anilines is 1. The van der Waals surface area contributed by atoms with Crippen molar-refractivity contribution in [3.05, 3.63) is 59.7 Å². The first kappa shape index (κ1) is 24.6. The van der Waals surface area contributed by atoms with Crippen LogP contribution in [0.1, 0.15) is 30.4 Å². The standard InChI is InChI=1S/C25H27F3N2O3S/c1-33-23(32)24(17-18-8-7-9-19(16-18)25(26,27)28)22(31)30(15-14-29-12-5-2-6-13-29)20-10-3-4-11-21(20)34-24/h3-4,7-11,16H,2,5-6,12-15,17H2,1H3. The molecule has 182 valence electrons. The van der Waals surface area contributed by atoms with Gasteiger partial charge in [0.1, 0.15) is 0 Å². The zero-order valence-electron chi connectivity index (χ0n) is 18.9. The average molecular weight is 493 g/mol. The van der Waals surface area contributed by atoms with Crippen molar-refractivity contribution in [1.29, 1.82) is 0 Å². The van der Waals surface area contributed by atoms with Gasteiger partial charge >= 0.3 is 12.1 Å². The normalized spacial score (nSPS) is 21.3. The lowest BCUT2D eigenvalue weighted by Crippen LogP contribution is -2.57. The van der Waals surface area contributed by atoms with Gasteiger partial charge < -0.3 is 14.5 Å². The number of methoxy groups -OCH3 is 1. The molecule has 1 atom stereocenters. The molecule has 2 aliphatic rings. The van der Waals surface area contributed by atoms with Crippen molar-refractivity contribution in [3.63, 3.8) is 0 Å². The second-order valence-electron chi connectivity index (χ2n) is 8.62. The molecule has 0 N–H and O–H groups in total. The number of amides is 1. The van der Waals surface area contributed by atoms with Crippen LogP contribution in [0.2, 0.25) is 0 Å². The summed E-state index contributed by atoms with van der Waals surface area (Å²) in [5.74, 6) is -1.23. The molecule has 1 amide bonds. The van der Waals surface area contributed by atoms with Crippen molar-refractivity contribution in [3.8, 4) is 0 Å². The average Bonchev–Trinajstić information content (AvgIpc) is 2.84. The summed E-state index contributed by atoms with van der Waals surface area (Å²) in [7, 11) is 1.20. The Morgan fingerprint density at radius 1 is 1.06 bits per heavy atom. The molecule has 2 aromatic carbocycles. The van der Waals surface area contributed by atoms with E-state index in [9.17, 15) is 22.8 Å². The van der Waals surface area contributed by atoms with Crippen molar-refractivity contribution in [2.45, 2.75) is 41.5 Å². The number of para-hydroxylation sites is 1. The molecule has 2 heterocycles. The van der Waals surface area contributed by atoms with Crippen LogP contribution in [0.5, 0.6) is 0 Å². The monoisotopic (exact) mass is 492 g/mol. The molecule has 1 fully saturated rings. The molecule has 9 heteroatoms. The number of benzene rings is 2. The van der Waals surface area contributed by atoms with E-state index in [2.05, 4.69) is 4.90 Å². The zero-order valence-corrected chi connectivity index (χ0v) is 19.8. The number of piperidine rings is 1. The van der Waals surface area contributed by atoms with Gasteiger partial charge in [0.15, 0.2) is 0 Å². The second-order valence-corrected chi connectivity index (χ2v) is 9.96. The fourth-order valence-corrected chi connectivity index (χ4v) is 6.00. The highest BCUT2D eigenvalue weighted by molar-refractivity contribution is 8.02. The van der Waals surface area contributed by atoms with Gasteiger partial charge in [-0.2, -0.15) is 13.2 Å². The molecule has 0 spiro atoms. The third-order valence-electron chi connectivity index (χ3n) is 6.34. The summed E-state index contributed by atoms with van der Waals surface area (Å²) in [4.78, 5) is 31.7. The summed E-state index contributed by atoms with van der Waals surface area (Å²) in [5.41, 5.74) is 0.134. The number of likely N-dealkylation sites (tertiary alicyclic amines) is 1. The number of halogens is 3. The predicted molar refractivity (Wildman–Crippen MR) is 125 cm³/mol. The lowest BCUT2D eigenvalue weighted by atomic mass is 9.94. The van der Waals surface area contributed by atoms with Crippen LogP contribution in [-0.4, -0.2) is 54.8 Å². The van der Waals surface area contributed by atoms with Gasteiger partial charge in [-0.15, -0.1) is 0 Å². The van der Waals surface area contributed by atoms with Crippen molar-refractivity contribution >= 4 is 29.3 Å². The summed E-state index contributed by atoms with van der Waals surface area (Å²) in [6.45, 7) is 2.97. The largest absolute Gasteiger partial charge is 0.468 e. The van der Waals surface area contributed by atoms with Gasteiger partial charge in [-0.25, -0.2) is 4.79 Å². The molecule has 0 saturated carbocycles. The number of thioether (sulfide) groups is 1. The maximum Gasteiger partial charge on any atom is 0.416 e. The number of hydrogen-bond acceptors (Lipinski definition) is 5. The van der Waals surface area contributed by atoms with E-state index in [1.165, 1.54) is 25.7 Å². The Balaban J connectivity index is 1.70. The van der Waals surface area contributed by atoms with Crippen LogP contribution in [0.3, 0.4) is 0 Å². The van der Waals surface area contributed by atoms with Crippen LogP contribution in [0.25, 0.3) is 0 Å². The Morgan fingerprint density at radius 2 is 1.79 bits per heavy atom. The van der Waals surface area contributed by atoms with Crippen LogP contribution in [0.15, 0.2) is 53.4 Å². The fourth-order valence-electron chi connectivity index (χ4n) is 4.59. The molecule has 1 unspecified atom stereocenters. The number of fused-ring (bicyclic) bond motifs is 1. The zero-order chi connectivity index (χ0) is 24.3. The molecule has 1 saturated heterocycles. The molecule has 2 aromatic rings. The van der Waals surface area contributed by atoms with E-state index in [4.69, 9.17) is 4.74 Å². The number of rotatable bonds is 6. The van der Waals surface area contributed by atoms with Gasteiger partial charge in [-0.05, 0) is 49.7 Å². The van der Waals surface area contributed by atoms with Crippen molar-refractivity contribution in [2.75, 3.05) is 38.2 Å². The van der Waals surface area contributed by atoms with Crippen LogP contribution in [0.4, 0.5) is 18.9 Å². The van der Waals surface area contributed by atoms with E-state index < -0.39 is 28.4 Å². The highest BCUT2D eigenvalue weighted by atomic mass is 32.2. The van der Waals surface area contributed by atoms with Crippen molar-refractivity contribution in [2.24, 2.45) is 0 Å². The molecule has 4 rings (SSSR count). The van der Waals surface area contributed by atoms with E-state index in [0.29, 0.717) is 18.8 Å². The maximum absolute atomic E-state index is 13.9. The fraction of sp³-hybridized carbons (Fsp3) is 0.440. The van der Waals surface area contributed by atoms with Gasteiger partial charge in [0.2, 0.25) is 4.75 Å². The van der Waals surface area contributed by atoms with Crippen LogP contribution < -0.4 is 4.90 Å². The highest BCUT2D eigenvalue weighted by Crippen LogP contribution is 2.48. The SMILES string of the molecule is COC(=O)C1(Cc2cccc(C(F)(F)F)c2)Sc2ccccc2N(CCN2CCCCC2)C1=O. The van der Waals surface area contributed by atoms with Crippen LogP contribution >= 0.6 is 11.8 Å². The van der Waals surface area contributed by atoms with Crippen molar-refractivity contribution < 1.29 is 27.5 Å².